The number of ether oxygens (including phenoxy) is 2. The molecule has 5 nitrogen and oxygen atoms in total. The molecule has 0 bridgehead atoms. The highest BCUT2D eigenvalue weighted by atomic mass is 16.8. The van der Waals surface area contributed by atoms with Gasteiger partial charge >= 0.3 is 5.97 Å². The van der Waals surface area contributed by atoms with E-state index in [1.54, 1.807) is 0 Å². The second kappa shape index (κ2) is 4.55. The predicted octanol–water partition coefficient (Wildman–Crippen LogP) is 0.324. The summed E-state index contributed by atoms with van der Waals surface area (Å²) >= 11 is 0. The Morgan fingerprint density at radius 1 is 1.31 bits per heavy atom. The third kappa shape index (κ3) is 3.71. The largest absolute Gasteiger partial charge is 0.481 e. The zero-order valence-corrected chi connectivity index (χ0v) is 7.36. The van der Waals surface area contributed by atoms with Crippen LogP contribution in [0.4, 0.5) is 0 Å². The molecule has 0 amide bonds. The van der Waals surface area contributed by atoms with Crippen LogP contribution in [0.5, 0.6) is 0 Å². The van der Waals surface area contributed by atoms with Crippen molar-refractivity contribution in [2.75, 3.05) is 13.2 Å². The van der Waals surface area contributed by atoms with Crippen LogP contribution in [-0.2, 0) is 14.3 Å². The highest BCUT2D eigenvalue weighted by Crippen LogP contribution is 2.22. The first-order valence-electron chi connectivity index (χ1n) is 4.34. The Balaban J connectivity index is 2.07. The zero-order valence-electron chi connectivity index (χ0n) is 7.36. The van der Waals surface area contributed by atoms with Crippen LogP contribution in [0, 0.1) is 0 Å². The minimum Gasteiger partial charge on any atom is -0.481 e. The molecule has 13 heavy (non-hydrogen) atoms. The molecule has 76 valence electrons. The van der Waals surface area contributed by atoms with Gasteiger partial charge in [-0.2, -0.15) is 0 Å². The van der Waals surface area contributed by atoms with Gasteiger partial charge in [0.1, 0.15) is 0 Å². The molecule has 5 heteroatoms. The lowest BCUT2D eigenvalue weighted by Gasteiger charge is -2.19. The maximum atomic E-state index is 10.2. The van der Waals surface area contributed by atoms with E-state index in [0.717, 1.165) is 0 Å². The van der Waals surface area contributed by atoms with Gasteiger partial charge in [-0.15, -0.1) is 0 Å². The molecule has 0 aromatic carbocycles. The molecule has 1 rings (SSSR count). The summed E-state index contributed by atoms with van der Waals surface area (Å²) in [6.45, 7) is 0.796. The number of carboxylic acids is 1. The maximum Gasteiger partial charge on any atom is 0.303 e. The second-order valence-corrected chi connectivity index (χ2v) is 3.01. The first kappa shape index (κ1) is 10.4. The molecule has 1 fully saturated rings. The Morgan fingerprint density at radius 3 is 2.46 bits per heavy atom. The van der Waals surface area contributed by atoms with Crippen molar-refractivity contribution in [2.45, 2.75) is 31.7 Å². The molecule has 0 aromatic rings. The van der Waals surface area contributed by atoms with Gasteiger partial charge in [-0.25, -0.2) is 0 Å². The molecule has 0 spiro atoms. The van der Waals surface area contributed by atoms with Gasteiger partial charge in [-0.1, -0.05) is 0 Å². The van der Waals surface area contributed by atoms with Gasteiger partial charge in [0.15, 0.2) is 0 Å². The standard InChI is InChI=1S/C8H14O5/c9-7(10)3-1-2-4-8(11)12-5-6-13-8/h11H,1-6H2,(H,9,10). The van der Waals surface area contributed by atoms with E-state index in [0.29, 0.717) is 32.5 Å². The predicted molar refractivity (Wildman–Crippen MR) is 43.0 cm³/mol. The van der Waals surface area contributed by atoms with E-state index in [1.165, 1.54) is 0 Å². The Labute approximate surface area is 76.3 Å². The van der Waals surface area contributed by atoms with Crippen LogP contribution in [0.15, 0.2) is 0 Å². The normalized spacial score (nSPS) is 20.4. The molecule has 1 aliphatic rings. The summed E-state index contributed by atoms with van der Waals surface area (Å²) in [6.07, 6.45) is 1.57. The average Bonchev–Trinajstić information content (AvgIpc) is 2.47. The van der Waals surface area contributed by atoms with Gasteiger partial charge in [-0.05, 0) is 12.8 Å². The van der Waals surface area contributed by atoms with E-state index in [4.69, 9.17) is 14.6 Å². The van der Waals surface area contributed by atoms with Crippen molar-refractivity contribution in [3.63, 3.8) is 0 Å². The summed E-state index contributed by atoms with van der Waals surface area (Å²) in [4.78, 5) is 10.2. The average molecular weight is 190 g/mol. The van der Waals surface area contributed by atoms with Crippen molar-refractivity contribution >= 4 is 5.97 Å². The third-order valence-corrected chi connectivity index (χ3v) is 1.87. The summed E-state index contributed by atoms with van der Waals surface area (Å²) < 4.78 is 9.87. The molecule has 0 unspecified atom stereocenters. The first-order chi connectivity index (χ1) is 6.12. The lowest BCUT2D eigenvalue weighted by molar-refractivity contribution is -0.308. The molecule has 1 aliphatic heterocycles. The van der Waals surface area contributed by atoms with E-state index < -0.39 is 11.9 Å². The van der Waals surface area contributed by atoms with Crippen LogP contribution in [0.3, 0.4) is 0 Å². The number of hydrogen-bond acceptors (Lipinski definition) is 4. The molecule has 0 aromatic heterocycles. The molecule has 1 heterocycles. The van der Waals surface area contributed by atoms with Crippen LogP contribution in [-0.4, -0.2) is 35.4 Å². The van der Waals surface area contributed by atoms with Crippen molar-refractivity contribution in [1.29, 1.82) is 0 Å². The SMILES string of the molecule is O=C(O)CCCCC1(O)OCCO1. The van der Waals surface area contributed by atoms with Gasteiger partial charge in [0.2, 0.25) is 0 Å². The monoisotopic (exact) mass is 190 g/mol. The topological polar surface area (TPSA) is 76.0 Å². The number of aliphatic hydroxyl groups is 1. The van der Waals surface area contributed by atoms with E-state index in [-0.39, 0.29) is 6.42 Å². The smallest absolute Gasteiger partial charge is 0.303 e. The van der Waals surface area contributed by atoms with Gasteiger partial charge in [0.25, 0.3) is 5.97 Å². The Morgan fingerprint density at radius 2 is 1.92 bits per heavy atom. The highest BCUT2D eigenvalue weighted by Gasteiger charge is 2.32. The lowest BCUT2D eigenvalue weighted by atomic mass is 10.2. The fourth-order valence-corrected chi connectivity index (χ4v) is 1.21. The summed E-state index contributed by atoms with van der Waals surface area (Å²) in [5.74, 6) is -2.28. The highest BCUT2D eigenvalue weighted by molar-refractivity contribution is 5.66. The van der Waals surface area contributed by atoms with E-state index in [2.05, 4.69) is 0 Å². The van der Waals surface area contributed by atoms with Crippen molar-refractivity contribution in [2.24, 2.45) is 0 Å². The summed E-state index contributed by atoms with van der Waals surface area (Å²) in [6, 6.07) is 0. The zero-order chi connectivity index (χ0) is 9.73. The van der Waals surface area contributed by atoms with Crippen LogP contribution in [0.25, 0.3) is 0 Å². The van der Waals surface area contributed by atoms with Gasteiger partial charge in [0.05, 0.1) is 13.2 Å². The molecule has 0 aliphatic carbocycles. The summed E-state index contributed by atoms with van der Waals surface area (Å²) in [5, 5.41) is 17.8. The maximum absolute atomic E-state index is 10.2. The summed E-state index contributed by atoms with van der Waals surface area (Å²) in [7, 11) is 0. The Hall–Kier alpha value is -0.650. The van der Waals surface area contributed by atoms with Crippen molar-refractivity contribution in [3.05, 3.63) is 0 Å². The molecule has 0 radical (unpaired) electrons. The minimum atomic E-state index is -1.46. The molecule has 0 saturated carbocycles. The van der Waals surface area contributed by atoms with Crippen molar-refractivity contribution < 1.29 is 24.5 Å². The quantitative estimate of drug-likeness (QED) is 0.611. The van der Waals surface area contributed by atoms with E-state index >= 15 is 0 Å². The van der Waals surface area contributed by atoms with Crippen LogP contribution >= 0.6 is 0 Å². The Bertz CT molecular complexity index is 173. The lowest BCUT2D eigenvalue weighted by Crippen LogP contribution is -2.29. The van der Waals surface area contributed by atoms with Gasteiger partial charge in [-0.3, -0.25) is 4.79 Å². The van der Waals surface area contributed by atoms with Crippen LogP contribution < -0.4 is 0 Å². The molecule has 1 saturated heterocycles. The second-order valence-electron chi connectivity index (χ2n) is 3.01. The van der Waals surface area contributed by atoms with Crippen molar-refractivity contribution in [3.8, 4) is 0 Å². The number of carbonyl (C=O) groups is 1. The minimum absolute atomic E-state index is 0.121. The molecular weight excluding hydrogens is 176 g/mol. The number of unbranched alkanes of at least 4 members (excludes halogenated alkanes) is 1. The van der Waals surface area contributed by atoms with Crippen molar-refractivity contribution in [1.82, 2.24) is 0 Å². The number of rotatable bonds is 5. The van der Waals surface area contributed by atoms with Crippen LogP contribution in [0.2, 0.25) is 0 Å². The number of aliphatic carboxylic acids is 1. The van der Waals surface area contributed by atoms with E-state index in [9.17, 15) is 9.90 Å². The van der Waals surface area contributed by atoms with E-state index in [1.807, 2.05) is 0 Å². The van der Waals surface area contributed by atoms with Gasteiger partial charge < -0.3 is 19.7 Å². The number of carboxylic acid groups (broad SMARTS) is 1. The van der Waals surface area contributed by atoms with Gasteiger partial charge in [0, 0.05) is 12.8 Å². The third-order valence-electron chi connectivity index (χ3n) is 1.87. The first-order valence-corrected chi connectivity index (χ1v) is 4.34. The molecular formula is C8H14O5. The Kier molecular flexibility index (Phi) is 3.65. The number of hydrogen-bond donors (Lipinski definition) is 2. The van der Waals surface area contributed by atoms with Crippen LogP contribution in [0.1, 0.15) is 25.7 Å². The fourth-order valence-electron chi connectivity index (χ4n) is 1.21. The summed E-state index contributed by atoms with van der Waals surface area (Å²) in [5.41, 5.74) is 0. The fraction of sp³-hybridized carbons (Fsp3) is 0.875. The molecule has 0 atom stereocenters. The molecule has 2 N–H and O–H groups in total.